The second kappa shape index (κ2) is 10.1. The zero-order valence-electron chi connectivity index (χ0n) is 19.5. The molecule has 4 rings (SSSR count). The zero-order chi connectivity index (χ0) is 27.0. The maximum Gasteiger partial charge on any atom is 0.418 e. The molecule has 1 aliphatic heterocycles. The lowest BCUT2D eigenvalue weighted by Gasteiger charge is -2.34. The molecule has 4 N–H and O–H groups in total. The monoisotopic (exact) mass is 551 g/mol. The van der Waals surface area contributed by atoms with Crippen molar-refractivity contribution < 1.29 is 22.8 Å². The maximum absolute atomic E-state index is 13.1. The minimum atomic E-state index is -4.70. The third kappa shape index (κ3) is 5.58. The smallest absolute Gasteiger partial charge is 0.346 e. The molecule has 0 saturated carbocycles. The lowest BCUT2D eigenvalue weighted by Crippen LogP contribution is -2.58. The number of rotatable bonds is 6. The molecular formula is C23H21ClF3N7O2S. The van der Waals surface area contributed by atoms with E-state index in [0.29, 0.717) is 11.1 Å². The van der Waals surface area contributed by atoms with Gasteiger partial charge in [-0.25, -0.2) is 15.0 Å². The Kier molecular flexibility index (Phi) is 7.22. The van der Waals surface area contributed by atoms with Crippen LogP contribution in [0.25, 0.3) is 0 Å². The van der Waals surface area contributed by atoms with Crippen molar-refractivity contribution in [3.63, 3.8) is 0 Å². The van der Waals surface area contributed by atoms with Gasteiger partial charge in [-0.3, -0.25) is 9.59 Å². The number of carbonyl (C=O) groups excluding carboxylic acids is 2. The second-order valence-corrected chi connectivity index (χ2v) is 9.88. The van der Waals surface area contributed by atoms with Gasteiger partial charge < -0.3 is 16.4 Å². The number of anilines is 2. The molecule has 1 aliphatic rings. The highest BCUT2D eigenvalue weighted by atomic mass is 35.5. The summed E-state index contributed by atoms with van der Waals surface area (Å²) in [6.45, 7) is 3.38. The molecular weight excluding hydrogens is 531 g/mol. The van der Waals surface area contributed by atoms with Crippen LogP contribution in [0.1, 0.15) is 40.1 Å². The quantitative estimate of drug-likeness (QED) is 0.416. The Morgan fingerprint density at radius 2 is 1.92 bits per heavy atom. The van der Waals surface area contributed by atoms with E-state index in [1.165, 1.54) is 12.4 Å². The summed E-state index contributed by atoms with van der Waals surface area (Å²) in [6, 6.07) is 9.26. The number of pyridine rings is 1. The number of nitrogens with one attached hydrogen (secondary N) is 2. The number of hydrogen-bond donors (Lipinski definition) is 3. The number of nitrogens with zero attached hydrogens (tertiary/aromatic N) is 4. The molecule has 0 radical (unpaired) electrons. The molecule has 0 aliphatic carbocycles. The van der Waals surface area contributed by atoms with Crippen LogP contribution in [0.15, 0.2) is 53.9 Å². The predicted molar refractivity (Wildman–Crippen MR) is 134 cm³/mol. The number of amides is 2. The number of halogens is 4. The van der Waals surface area contributed by atoms with E-state index in [4.69, 9.17) is 17.3 Å². The van der Waals surface area contributed by atoms with Crippen molar-refractivity contribution in [3.8, 4) is 0 Å². The van der Waals surface area contributed by atoms with Gasteiger partial charge in [-0.15, -0.1) is 11.3 Å². The van der Waals surface area contributed by atoms with Crippen molar-refractivity contribution in [2.45, 2.75) is 31.7 Å². The van der Waals surface area contributed by atoms with Gasteiger partial charge in [0.2, 0.25) is 5.91 Å². The van der Waals surface area contributed by atoms with Gasteiger partial charge in [0.15, 0.2) is 0 Å². The average Bonchev–Trinajstić information content (AvgIpc) is 3.44. The molecule has 194 valence electrons. The van der Waals surface area contributed by atoms with Gasteiger partial charge in [0.05, 0.1) is 28.5 Å². The third-order valence-corrected chi connectivity index (χ3v) is 7.06. The Morgan fingerprint density at radius 1 is 1.22 bits per heavy atom. The fourth-order valence-electron chi connectivity index (χ4n) is 3.65. The van der Waals surface area contributed by atoms with Crippen LogP contribution in [-0.4, -0.2) is 33.7 Å². The van der Waals surface area contributed by atoms with E-state index in [1.807, 2.05) is 30.3 Å². The highest BCUT2D eigenvalue weighted by Crippen LogP contribution is 2.35. The first-order valence-corrected chi connectivity index (χ1v) is 12.1. The Balaban J connectivity index is 1.41. The molecule has 1 aromatic carbocycles. The van der Waals surface area contributed by atoms with E-state index in [0.717, 1.165) is 23.2 Å². The Hall–Kier alpha value is -3.55. The number of alkyl halides is 3. The summed E-state index contributed by atoms with van der Waals surface area (Å²) < 4.78 is 39.2. The summed E-state index contributed by atoms with van der Waals surface area (Å²) in [5.74, 6) is -2.17. The third-order valence-electron chi connectivity index (χ3n) is 5.58. The van der Waals surface area contributed by atoms with Gasteiger partial charge in [0.1, 0.15) is 27.3 Å². The molecule has 37 heavy (non-hydrogen) atoms. The largest absolute Gasteiger partial charge is 0.418 e. The van der Waals surface area contributed by atoms with E-state index in [-0.39, 0.29) is 16.6 Å². The van der Waals surface area contributed by atoms with Crippen LogP contribution >= 0.6 is 22.9 Å². The number of nitrogens with two attached hydrogens (primary N) is 1. The molecule has 0 fully saturated rings. The SMILES string of the molecule is C[C@@H](NC(=O)C1C=NN(c2ccccc2)C1(C)N)c1ncc(C(=O)Nc2cc(C(F)(F)F)c(Cl)cn2)s1. The molecule has 3 atom stereocenters. The van der Waals surface area contributed by atoms with Crippen LogP contribution < -0.4 is 21.4 Å². The predicted octanol–water partition coefficient (Wildman–Crippen LogP) is 4.44. The van der Waals surface area contributed by atoms with Crippen LogP contribution in [0.3, 0.4) is 0 Å². The first-order chi connectivity index (χ1) is 17.4. The van der Waals surface area contributed by atoms with Gasteiger partial charge in [0, 0.05) is 12.4 Å². The highest BCUT2D eigenvalue weighted by molar-refractivity contribution is 7.13. The molecule has 0 saturated heterocycles. The molecule has 14 heteroatoms. The number of para-hydroxylation sites is 1. The Labute approximate surface area is 218 Å². The van der Waals surface area contributed by atoms with Gasteiger partial charge >= 0.3 is 6.18 Å². The fourth-order valence-corrected chi connectivity index (χ4v) is 4.67. The fraction of sp³-hybridized carbons (Fsp3) is 0.261. The van der Waals surface area contributed by atoms with Crippen LogP contribution in [-0.2, 0) is 11.0 Å². The number of thiazole rings is 1. The highest BCUT2D eigenvalue weighted by Gasteiger charge is 2.45. The average molecular weight is 552 g/mol. The minimum Gasteiger partial charge on any atom is -0.346 e. The first-order valence-electron chi connectivity index (χ1n) is 10.9. The van der Waals surface area contributed by atoms with E-state index in [9.17, 15) is 22.8 Å². The van der Waals surface area contributed by atoms with E-state index >= 15 is 0 Å². The molecule has 0 spiro atoms. The minimum absolute atomic E-state index is 0.114. The second-order valence-electron chi connectivity index (χ2n) is 8.41. The van der Waals surface area contributed by atoms with Crippen molar-refractivity contribution in [2.75, 3.05) is 10.3 Å². The molecule has 9 nitrogen and oxygen atoms in total. The lowest BCUT2D eigenvalue weighted by atomic mass is 9.95. The molecule has 2 amide bonds. The number of aromatic nitrogens is 2. The maximum atomic E-state index is 13.1. The molecule has 0 bridgehead atoms. The molecule has 2 aromatic heterocycles. The van der Waals surface area contributed by atoms with E-state index < -0.39 is 40.3 Å². The van der Waals surface area contributed by atoms with Crippen molar-refractivity contribution >= 4 is 52.5 Å². The van der Waals surface area contributed by atoms with E-state index in [2.05, 4.69) is 25.7 Å². The topological polar surface area (TPSA) is 126 Å². The summed E-state index contributed by atoms with van der Waals surface area (Å²) in [7, 11) is 0. The van der Waals surface area contributed by atoms with Gasteiger partial charge in [-0.05, 0) is 32.0 Å². The lowest BCUT2D eigenvalue weighted by molar-refractivity contribution is -0.137. The molecule has 3 aromatic rings. The van der Waals surface area contributed by atoms with Gasteiger partial charge in [-0.2, -0.15) is 18.3 Å². The van der Waals surface area contributed by atoms with Crippen LogP contribution in [0.2, 0.25) is 5.02 Å². The standard InChI is InChI=1S/C23H21ClF3N7O2S/c1-12(32-19(35)15-9-31-34(22(15,2)28)13-6-4-3-5-7-13)21-30-11-17(37-21)20(36)33-18-8-14(23(25,26)27)16(24)10-29-18/h3-12,15H,28H2,1-2H3,(H,32,35)(H,29,33,36)/t12-,15?,22?/m1/s1. The number of hydrazone groups is 1. The molecule has 2 unspecified atom stereocenters. The number of benzene rings is 1. The summed E-state index contributed by atoms with van der Waals surface area (Å²) in [5.41, 5.74) is 4.96. The van der Waals surface area contributed by atoms with Crippen LogP contribution in [0, 0.1) is 5.92 Å². The summed E-state index contributed by atoms with van der Waals surface area (Å²) in [6.07, 6.45) is -1.15. The normalized spacial score (nSPS) is 20.1. The van der Waals surface area contributed by atoms with Gasteiger partial charge in [-0.1, -0.05) is 29.8 Å². The van der Waals surface area contributed by atoms with E-state index in [1.54, 1.807) is 18.9 Å². The van der Waals surface area contributed by atoms with Crippen molar-refractivity contribution in [1.82, 2.24) is 15.3 Å². The van der Waals surface area contributed by atoms with Gasteiger partial charge in [0.25, 0.3) is 5.91 Å². The van der Waals surface area contributed by atoms with Crippen LogP contribution in [0.4, 0.5) is 24.7 Å². The summed E-state index contributed by atoms with van der Waals surface area (Å²) in [4.78, 5) is 33.6. The Morgan fingerprint density at radius 3 is 2.59 bits per heavy atom. The molecule has 3 heterocycles. The summed E-state index contributed by atoms with van der Waals surface area (Å²) >= 11 is 6.54. The first kappa shape index (κ1) is 26.5. The summed E-state index contributed by atoms with van der Waals surface area (Å²) in [5, 5.41) is 10.8. The van der Waals surface area contributed by atoms with Crippen molar-refractivity contribution in [1.29, 1.82) is 0 Å². The number of carbonyl (C=O) groups is 2. The Bertz CT molecular complexity index is 1350. The van der Waals surface area contributed by atoms with Crippen molar-refractivity contribution in [3.05, 3.63) is 69.3 Å². The number of hydrogen-bond acceptors (Lipinski definition) is 8. The van der Waals surface area contributed by atoms with Crippen LogP contribution in [0.5, 0.6) is 0 Å². The van der Waals surface area contributed by atoms with Crippen molar-refractivity contribution in [2.24, 2.45) is 16.8 Å². The zero-order valence-corrected chi connectivity index (χ0v) is 21.0.